The van der Waals surface area contributed by atoms with Crippen LogP contribution >= 0.6 is 0 Å². The molecule has 0 saturated heterocycles. The van der Waals surface area contributed by atoms with Gasteiger partial charge in [0.15, 0.2) is 0 Å². The topological polar surface area (TPSA) is 40.5 Å². The summed E-state index contributed by atoms with van der Waals surface area (Å²) < 4.78 is 0. The molecular formula is C7H14O2. The zero-order valence-electron chi connectivity index (χ0n) is 5.64. The van der Waals surface area contributed by atoms with Crippen LogP contribution in [0, 0.1) is 0 Å². The summed E-state index contributed by atoms with van der Waals surface area (Å²) in [6, 6.07) is 0. The average Bonchev–Trinajstić information content (AvgIpc) is 2.50. The number of aliphatic hydroxyl groups excluding tert-OH is 1. The Morgan fingerprint density at radius 1 is 1.22 bits per heavy atom. The van der Waals surface area contributed by atoms with Gasteiger partial charge in [-0.05, 0) is 32.1 Å². The fraction of sp³-hybridized carbons (Fsp3) is 1.00. The Labute approximate surface area is 55.5 Å². The summed E-state index contributed by atoms with van der Waals surface area (Å²) in [7, 11) is 0. The molecule has 0 spiro atoms. The number of unbranched alkanes of at least 4 members (excludes halogenated alkanes) is 1. The Kier molecular flexibility index (Phi) is 2.09. The molecule has 1 aliphatic rings. The van der Waals surface area contributed by atoms with Gasteiger partial charge in [0.1, 0.15) is 0 Å². The van der Waals surface area contributed by atoms with Crippen molar-refractivity contribution in [3.8, 4) is 0 Å². The number of aliphatic hydroxyl groups is 2. The first-order valence-corrected chi connectivity index (χ1v) is 3.60. The summed E-state index contributed by atoms with van der Waals surface area (Å²) in [5.41, 5.74) is -0.310. The Balaban J connectivity index is 1.92. The maximum Gasteiger partial charge on any atom is 0.0650 e. The minimum atomic E-state index is -0.310. The van der Waals surface area contributed by atoms with Gasteiger partial charge in [-0.25, -0.2) is 0 Å². The van der Waals surface area contributed by atoms with Gasteiger partial charge in [-0.15, -0.1) is 0 Å². The van der Waals surface area contributed by atoms with Crippen LogP contribution in [0.3, 0.4) is 0 Å². The van der Waals surface area contributed by atoms with Crippen molar-refractivity contribution in [2.45, 2.75) is 37.7 Å². The van der Waals surface area contributed by atoms with Crippen molar-refractivity contribution in [1.82, 2.24) is 0 Å². The molecule has 0 heterocycles. The summed E-state index contributed by atoms with van der Waals surface area (Å²) in [5, 5.41) is 17.7. The third-order valence-electron chi connectivity index (χ3n) is 1.88. The minimum absolute atomic E-state index is 0.260. The molecule has 0 atom stereocenters. The number of hydrogen-bond donors (Lipinski definition) is 2. The van der Waals surface area contributed by atoms with E-state index in [0.717, 1.165) is 32.1 Å². The maximum atomic E-state index is 9.27. The van der Waals surface area contributed by atoms with Gasteiger partial charge in [0.2, 0.25) is 0 Å². The summed E-state index contributed by atoms with van der Waals surface area (Å²) in [5.74, 6) is 0. The standard InChI is InChI=1S/C7H14O2/c8-6-2-1-3-7(9)4-5-7/h8-9H,1-6H2. The van der Waals surface area contributed by atoms with Gasteiger partial charge in [-0.2, -0.15) is 0 Å². The largest absolute Gasteiger partial charge is 0.396 e. The highest BCUT2D eigenvalue weighted by atomic mass is 16.3. The third kappa shape index (κ3) is 2.33. The van der Waals surface area contributed by atoms with E-state index < -0.39 is 0 Å². The van der Waals surface area contributed by atoms with Gasteiger partial charge in [-0.1, -0.05) is 0 Å². The van der Waals surface area contributed by atoms with Crippen LogP contribution in [-0.4, -0.2) is 22.4 Å². The monoisotopic (exact) mass is 130 g/mol. The molecule has 1 fully saturated rings. The predicted octanol–water partition coefficient (Wildman–Crippen LogP) is 0.674. The smallest absolute Gasteiger partial charge is 0.0650 e. The molecule has 0 amide bonds. The lowest BCUT2D eigenvalue weighted by Crippen LogP contribution is -2.05. The molecule has 0 aromatic rings. The molecule has 0 aromatic heterocycles. The molecule has 2 nitrogen and oxygen atoms in total. The first-order chi connectivity index (χ1) is 4.27. The summed E-state index contributed by atoms with van der Waals surface area (Å²) in [6.45, 7) is 0.260. The zero-order chi connectivity index (χ0) is 6.74. The second-order valence-corrected chi connectivity index (χ2v) is 2.91. The highest BCUT2D eigenvalue weighted by molar-refractivity contribution is 4.92. The molecule has 0 radical (unpaired) electrons. The van der Waals surface area contributed by atoms with Crippen LogP contribution in [0.5, 0.6) is 0 Å². The SMILES string of the molecule is OCCCCC1(O)CC1. The predicted molar refractivity (Wildman–Crippen MR) is 35.1 cm³/mol. The summed E-state index contributed by atoms with van der Waals surface area (Å²) in [6.07, 6.45) is 4.62. The van der Waals surface area contributed by atoms with Gasteiger partial charge in [0.25, 0.3) is 0 Å². The normalized spacial score (nSPS) is 22.0. The van der Waals surface area contributed by atoms with E-state index >= 15 is 0 Å². The van der Waals surface area contributed by atoms with Gasteiger partial charge in [0.05, 0.1) is 5.60 Å². The minimum Gasteiger partial charge on any atom is -0.396 e. The Bertz CT molecular complexity index is 86.9. The van der Waals surface area contributed by atoms with E-state index in [0.29, 0.717) is 0 Å². The highest BCUT2D eigenvalue weighted by Crippen LogP contribution is 2.39. The molecule has 54 valence electrons. The van der Waals surface area contributed by atoms with Crippen LogP contribution in [0.4, 0.5) is 0 Å². The molecule has 1 saturated carbocycles. The lowest BCUT2D eigenvalue weighted by molar-refractivity contribution is 0.133. The molecule has 0 aromatic carbocycles. The summed E-state index contributed by atoms with van der Waals surface area (Å²) in [4.78, 5) is 0. The maximum absolute atomic E-state index is 9.27. The first-order valence-electron chi connectivity index (χ1n) is 3.60. The lowest BCUT2D eigenvalue weighted by atomic mass is 10.1. The number of rotatable bonds is 4. The van der Waals surface area contributed by atoms with Gasteiger partial charge in [0, 0.05) is 6.61 Å². The van der Waals surface area contributed by atoms with Crippen molar-refractivity contribution in [2.24, 2.45) is 0 Å². The van der Waals surface area contributed by atoms with Crippen LogP contribution in [0.1, 0.15) is 32.1 Å². The van der Waals surface area contributed by atoms with Crippen molar-refractivity contribution in [3.63, 3.8) is 0 Å². The molecule has 1 aliphatic carbocycles. The van der Waals surface area contributed by atoms with Crippen molar-refractivity contribution in [3.05, 3.63) is 0 Å². The van der Waals surface area contributed by atoms with Crippen LogP contribution in [-0.2, 0) is 0 Å². The molecule has 1 rings (SSSR count). The molecule has 2 N–H and O–H groups in total. The Morgan fingerprint density at radius 3 is 2.33 bits per heavy atom. The van der Waals surface area contributed by atoms with E-state index in [-0.39, 0.29) is 12.2 Å². The second-order valence-electron chi connectivity index (χ2n) is 2.91. The molecule has 0 bridgehead atoms. The first kappa shape index (κ1) is 7.03. The molecule has 9 heavy (non-hydrogen) atoms. The number of hydrogen-bond acceptors (Lipinski definition) is 2. The highest BCUT2D eigenvalue weighted by Gasteiger charge is 2.38. The lowest BCUT2D eigenvalue weighted by Gasteiger charge is -2.04. The van der Waals surface area contributed by atoms with Crippen LogP contribution in [0.15, 0.2) is 0 Å². The van der Waals surface area contributed by atoms with Crippen molar-refractivity contribution in [2.75, 3.05) is 6.61 Å². The zero-order valence-corrected chi connectivity index (χ0v) is 5.64. The van der Waals surface area contributed by atoms with E-state index in [4.69, 9.17) is 5.11 Å². The van der Waals surface area contributed by atoms with E-state index in [1.165, 1.54) is 0 Å². The third-order valence-corrected chi connectivity index (χ3v) is 1.88. The van der Waals surface area contributed by atoms with Crippen LogP contribution < -0.4 is 0 Å². The van der Waals surface area contributed by atoms with Crippen molar-refractivity contribution < 1.29 is 10.2 Å². The average molecular weight is 130 g/mol. The molecule has 2 heteroatoms. The van der Waals surface area contributed by atoms with Gasteiger partial charge >= 0.3 is 0 Å². The van der Waals surface area contributed by atoms with Crippen LogP contribution in [0.2, 0.25) is 0 Å². The molecular weight excluding hydrogens is 116 g/mol. The Morgan fingerprint density at radius 2 is 1.89 bits per heavy atom. The van der Waals surface area contributed by atoms with Crippen molar-refractivity contribution >= 4 is 0 Å². The quantitative estimate of drug-likeness (QED) is 0.549. The van der Waals surface area contributed by atoms with Gasteiger partial charge < -0.3 is 10.2 Å². The second kappa shape index (κ2) is 2.67. The van der Waals surface area contributed by atoms with E-state index in [9.17, 15) is 5.11 Å². The molecule has 0 aliphatic heterocycles. The van der Waals surface area contributed by atoms with Crippen molar-refractivity contribution in [1.29, 1.82) is 0 Å². The summed E-state index contributed by atoms with van der Waals surface area (Å²) >= 11 is 0. The molecule has 0 unspecified atom stereocenters. The van der Waals surface area contributed by atoms with Gasteiger partial charge in [-0.3, -0.25) is 0 Å². The fourth-order valence-electron chi connectivity index (χ4n) is 0.960. The van der Waals surface area contributed by atoms with E-state index in [1.54, 1.807) is 0 Å². The van der Waals surface area contributed by atoms with E-state index in [1.807, 2.05) is 0 Å². The van der Waals surface area contributed by atoms with Crippen LogP contribution in [0.25, 0.3) is 0 Å². The van der Waals surface area contributed by atoms with E-state index in [2.05, 4.69) is 0 Å². The fourth-order valence-corrected chi connectivity index (χ4v) is 0.960. The Hall–Kier alpha value is -0.0800.